The second-order valence-corrected chi connectivity index (χ2v) is 4.51. The van der Waals surface area contributed by atoms with E-state index in [0.717, 1.165) is 18.4 Å². The molecule has 0 aromatic heterocycles. The maximum atomic E-state index is 12.1. The van der Waals surface area contributed by atoms with E-state index >= 15 is 0 Å². The van der Waals surface area contributed by atoms with E-state index in [4.69, 9.17) is 10.5 Å². The van der Waals surface area contributed by atoms with E-state index in [1.165, 1.54) is 0 Å². The topological polar surface area (TPSA) is 64.3 Å². The summed E-state index contributed by atoms with van der Waals surface area (Å²) in [6.45, 7) is 4.58. The fourth-order valence-corrected chi connectivity index (χ4v) is 1.80. The zero-order chi connectivity index (χ0) is 13.5. The van der Waals surface area contributed by atoms with Crippen LogP contribution in [-0.4, -0.2) is 25.6 Å². The van der Waals surface area contributed by atoms with Gasteiger partial charge in [0.05, 0.1) is 12.7 Å². The lowest BCUT2D eigenvalue weighted by molar-refractivity contribution is 0.0935. The average Bonchev–Trinajstić information content (AvgIpc) is 2.36. The summed E-state index contributed by atoms with van der Waals surface area (Å²) in [5.74, 6) is 0.504. The van der Waals surface area contributed by atoms with Crippen LogP contribution in [0.25, 0.3) is 0 Å². The Labute approximate surface area is 109 Å². The van der Waals surface area contributed by atoms with Gasteiger partial charge in [-0.05, 0) is 45.4 Å². The third-order valence-electron chi connectivity index (χ3n) is 2.82. The van der Waals surface area contributed by atoms with Crippen LogP contribution in [0.4, 0.5) is 0 Å². The van der Waals surface area contributed by atoms with Crippen molar-refractivity contribution in [1.82, 2.24) is 5.32 Å². The number of methoxy groups -OCH3 is 1. The number of hydrogen-bond acceptors (Lipinski definition) is 3. The van der Waals surface area contributed by atoms with Crippen LogP contribution in [0, 0.1) is 6.92 Å². The van der Waals surface area contributed by atoms with Gasteiger partial charge in [0.15, 0.2) is 0 Å². The number of aryl methyl sites for hydroxylation is 1. The van der Waals surface area contributed by atoms with Gasteiger partial charge in [-0.1, -0.05) is 11.6 Å². The summed E-state index contributed by atoms with van der Waals surface area (Å²) in [7, 11) is 1.57. The molecule has 0 fully saturated rings. The van der Waals surface area contributed by atoms with Gasteiger partial charge in [0, 0.05) is 6.04 Å². The number of hydrogen-bond donors (Lipinski definition) is 2. The normalized spacial score (nSPS) is 12.0. The first-order chi connectivity index (χ1) is 8.58. The second-order valence-electron chi connectivity index (χ2n) is 4.51. The molecule has 0 saturated heterocycles. The third-order valence-corrected chi connectivity index (χ3v) is 2.82. The maximum absolute atomic E-state index is 12.1. The van der Waals surface area contributed by atoms with Gasteiger partial charge in [0.1, 0.15) is 5.75 Å². The molecular weight excluding hydrogens is 228 g/mol. The van der Waals surface area contributed by atoms with E-state index in [-0.39, 0.29) is 11.9 Å². The zero-order valence-electron chi connectivity index (χ0n) is 11.3. The van der Waals surface area contributed by atoms with Crippen LogP contribution < -0.4 is 15.8 Å². The molecule has 1 atom stereocenters. The van der Waals surface area contributed by atoms with Gasteiger partial charge in [-0.2, -0.15) is 0 Å². The fraction of sp³-hybridized carbons (Fsp3) is 0.500. The summed E-state index contributed by atoms with van der Waals surface area (Å²) in [6.07, 6.45) is 1.79. The monoisotopic (exact) mass is 250 g/mol. The highest BCUT2D eigenvalue weighted by Crippen LogP contribution is 2.19. The molecule has 4 nitrogen and oxygen atoms in total. The van der Waals surface area contributed by atoms with E-state index in [2.05, 4.69) is 5.32 Å². The molecular formula is C14H22N2O2. The first-order valence-electron chi connectivity index (χ1n) is 6.24. The number of ether oxygens (including phenoxy) is 1. The van der Waals surface area contributed by atoms with Crippen molar-refractivity contribution in [3.63, 3.8) is 0 Å². The highest BCUT2D eigenvalue weighted by Gasteiger charge is 2.14. The van der Waals surface area contributed by atoms with Gasteiger partial charge in [-0.3, -0.25) is 4.79 Å². The SMILES string of the molecule is COc1ccc(C)cc1C(=O)NC(C)CCCN. The van der Waals surface area contributed by atoms with Crippen molar-refractivity contribution in [2.24, 2.45) is 5.73 Å². The number of amides is 1. The quantitative estimate of drug-likeness (QED) is 0.810. The number of rotatable bonds is 6. The van der Waals surface area contributed by atoms with E-state index in [0.29, 0.717) is 17.9 Å². The Balaban J connectivity index is 2.74. The minimum Gasteiger partial charge on any atom is -0.496 e. The smallest absolute Gasteiger partial charge is 0.255 e. The molecule has 0 radical (unpaired) electrons. The van der Waals surface area contributed by atoms with E-state index in [9.17, 15) is 4.79 Å². The molecule has 0 heterocycles. The van der Waals surface area contributed by atoms with Gasteiger partial charge >= 0.3 is 0 Å². The molecule has 1 unspecified atom stereocenters. The number of carbonyl (C=O) groups is 1. The van der Waals surface area contributed by atoms with Crippen LogP contribution in [0.1, 0.15) is 35.7 Å². The molecule has 1 amide bonds. The summed E-state index contributed by atoms with van der Waals surface area (Å²) < 4.78 is 5.20. The van der Waals surface area contributed by atoms with Gasteiger partial charge in [-0.25, -0.2) is 0 Å². The first kappa shape index (κ1) is 14.5. The van der Waals surface area contributed by atoms with Crippen LogP contribution >= 0.6 is 0 Å². The summed E-state index contributed by atoms with van der Waals surface area (Å²) in [6, 6.07) is 5.69. The largest absolute Gasteiger partial charge is 0.496 e. The number of carbonyl (C=O) groups excluding carboxylic acids is 1. The van der Waals surface area contributed by atoms with Crippen LogP contribution in [0.3, 0.4) is 0 Å². The lowest BCUT2D eigenvalue weighted by Gasteiger charge is -2.15. The first-order valence-corrected chi connectivity index (χ1v) is 6.24. The molecule has 18 heavy (non-hydrogen) atoms. The van der Waals surface area contributed by atoms with Crippen molar-refractivity contribution < 1.29 is 9.53 Å². The predicted octanol–water partition coefficient (Wildman–Crippen LogP) is 1.86. The molecule has 3 N–H and O–H groups in total. The van der Waals surface area contributed by atoms with Crippen molar-refractivity contribution in [2.45, 2.75) is 32.7 Å². The Kier molecular flexibility index (Phi) is 5.65. The summed E-state index contributed by atoms with van der Waals surface area (Å²) in [5.41, 5.74) is 7.07. The summed E-state index contributed by atoms with van der Waals surface area (Å²) in [4.78, 5) is 12.1. The Morgan fingerprint density at radius 3 is 2.83 bits per heavy atom. The third kappa shape index (κ3) is 4.04. The molecule has 1 rings (SSSR count). The van der Waals surface area contributed by atoms with Crippen molar-refractivity contribution in [1.29, 1.82) is 0 Å². The fourth-order valence-electron chi connectivity index (χ4n) is 1.80. The molecule has 0 aliphatic heterocycles. The van der Waals surface area contributed by atoms with Crippen molar-refractivity contribution in [3.05, 3.63) is 29.3 Å². The summed E-state index contributed by atoms with van der Waals surface area (Å²) >= 11 is 0. The van der Waals surface area contributed by atoms with Crippen LogP contribution in [0.15, 0.2) is 18.2 Å². The zero-order valence-corrected chi connectivity index (χ0v) is 11.3. The molecule has 0 spiro atoms. The van der Waals surface area contributed by atoms with Gasteiger partial charge in [0.25, 0.3) is 5.91 Å². The molecule has 0 aliphatic carbocycles. The molecule has 0 bridgehead atoms. The Bertz CT molecular complexity index is 405. The van der Waals surface area contributed by atoms with E-state index in [1.54, 1.807) is 7.11 Å². The average molecular weight is 250 g/mol. The Hall–Kier alpha value is -1.55. The van der Waals surface area contributed by atoms with Crippen molar-refractivity contribution >= 4 is 5.91 Å². The van der Waals surface area contributed by atoms with Gasteiger partial charge in [-0.15, -0.1) is 0 Å². The highest BCUT2D eigenvalue weighted by molar-refractivity contribution is 5.97. The standard InChI is InChI=1S/C14H22N2O2/c1-10-6-7-13(18-3)12(9-10)14(17)16-11(2)5-4-8-15/h6-7,9,11H,4-5,8,15H2,1-3H3,(H,16,17). The minimum atomic E-state index is -0.0972. The lowest BCUT2D eigenvalue weighted by atomic mass is 10.1. The number of benzene rings is 1. The van der Waals surface area contributed by atoms with Gasteiger partial charge < -0.3 is 15.8 Å². The summed E-state index contributed by atoms with van der Waals surface area (Å²) in [5, 5.41) is 2.96. The molecule has 4 heteroatoms. The highest BCUT2D eigenvalue weighted by atomic mass is 16.5. The van der Waals surface area contributed by atoms with E-state index < -0.39 is 0 Å². The molecule has 100 valence electrons. The number of nitrogens with two attached hydrogens (primary N) is 1. The Morgan fingerprint density at radius 1 is 1.50 bits per heavy atom. The van der Waals surface area contributed by atoms with Crippen molar-refractivity contribution in [3.8, 4) is 5.75 Å². The molecule has 1 aromatic rings. The number of nitrogens with one attached hydrogen (secondary N) is 1. The lowest BCUT2D eigenvalue weighted by Crippen LogP contribution is -2.33. The van der Waals surface area contributed by atoms with Crippen molar-refractivity contribution in [2.75, 3.05) is 13.7 Å². The molecule has 0 saturated carbocycles. The minimum absolute atomic E-state index is 0.0972. The van der Waals surface area contributed by atoms with Gasteiger partial charge in [0.2, 0.25) is 0 Å². The molecule has 0 aliphatic rings. The Morgan fingerprint density at radius 2 is 2.22 bits per heavy atom. The van der Waals surface area contributed by atoms with E-state index in [1.807, 2.05) is 32.0 Å². The molecule has 1 aromatic carbocycles. The van der Waals surface area contributed by atoms with Crippen LogP contribution in [0.5, 0.6) is 5.75 Å². The predicted molar refractivity (Wildman–Crippen MR) is 72.9 cm³/mol. The second kappa shape index (κ2) is 7.01. The van der Waals surface area contributed by atoms with Crippen LogP contribution in [-0.2, 0) is 0 Å². The maximum Gasteiger partial charge on any atom is 0.255 e. The van der Waals surface area contributed by atoms with Crippen LogP contribution in [0.2, 0.25) is 0 Å².